The number of hydrogen-bond donors (Lipinski definition) is 2. The summed E-state index contributed by atoms with van der Waals surface area (Å²) < 4.78 is 1.95. The predicted octanol–water partition coefficient (Wildman–Crippen LogP) is 4.21. The van der Waals surface area contributed by atoms with Crippen LogP contribution in [-0.2, 0) is 16.1 Å². The molecule has 1 aromatic carbocycles. The van der Waals surface area contributed by atoms with Crippen molar-refractivity contribution in [3.05, 3.63) is 46.8 Å². The number of nitrogens with zero attached hydrogens (tertiary/aromatic N) is 5. The summed E-state index contributed by atoms with van der Waals surface area (Å²) in [5.74, 6) is 0.650. The van der Waals surface area contributed by atoms with Crippen LogP contribution in [0.2, 0.25) is 0 Å². The SMILES string of the molecule is CCCCN1C(=O)C(CC2CCCCC2)NC(=O)C12CCN(Cc1c(C)nn(-c3ccc(C(=O)NCCN(C)C)cc3)c1C)CC2. The smallest absolute Gasteiger partial charge is 0.251 e. The van der Waals surface area contributed by atoms with Gasteiger partial charge in [-0.25, -0.2) is 4.68 Å². The Labute approximate surface area is 275 Å². The molecule has 5 rings (SSSR count). The highest BCUT2D eigenvalue weighted by molar-refractivity contribution is 6.00. The molecule has 1 aliphatic carbocycles. The Balaban J connectivity index is 1.23. The van der Waals surface area contributed by atoms with E-state index in [1.807, 2.05) is 59.8 Å². The number of piperidine rings is 1. The molecule has 2 aromatic rings. The van der Waals surface area contributed by atoms with Crippen LogP contribution in [0.4, 0.5) is 0 Å². The zero-order valence-corrected chi connectivity index (χ0v) is 28.7. The molecule has 1 saturated carbocycles. The van der Waals surface area contributed by atoms with Crippen LogP contribution in [0.25, 0.3) is 5.69 Å². The quantitative estimate of drug-likeness (QED) is 0.363. The van der Waals surface area contributed by atoms with Gasteiger partial charge in [-0.3, -0.25) is 19.3 Å². The molecule has 46 heavy (non-hydrogen) atoms. The van der Waals surface area contributed by atoms with E-state index in [1.54, 1.807) is 0 Å². The predicted molar refractivity (Wildman–Crippen MR) is 181 cm³/mol. The first-order valence-electron chi connectivity index (χ1n) is 17.6. The number of amides is 3. The second kappa shape index (κ2) is 15.1. The monoisotopic (exact) mass is 633 g/mol. The highest BCUT2D eigenvalue weighted by Gasteiger charge is 2.53. The molecule has 3 aliphatic rings. The van der Waals surface area contributed by atoms with Gasteiger partial charge >= 0.3 is 0 Å². The van der Waals surface area contributed by atoms with Crippen LogP contribution < -0.4 is 10.6 Å². The van der Waals surface area contributed by atoms with Crippen LogP contribution in [0.15, 0.2) is 24.3 Å². The summed E-state index contributed by atoms with van der Waals surface area (Å²) in [6.07, 6.45) is 10.1. The molecule has 0 radical (unpaired) electrons. The fourth-order valence-electron chi connectivity index (χ4n) is 7.64. The van der Waals surface area contributed by atoms with Gasteiger partial charge in [-0.05, 0) is 83.8 Å². The number of unbranched alkanes of at least 4 members (excludes halogenated alkanes) is 1. The molecule has 10 heteroatoms. The minimum Gasteiger partial charge on any atom is -0.351 e. The minimum atomic E-state index is -0.749. The molecule has 0 bridgehead atoms. The van der Waals surface area contributed by atoms with Crippen molar-refractivity contribution in [2.45, 2.75) is 103 Å². The van der Waals surface area contributed by atoms with Crippen LogP contribution in [0.1, 0.15) is 98.4 Å². The number of likely N-dealkylation sites (tertiary alicyclic amines) is 1. The highest BCUT2D eigenvalue weighted by atomic mass is 16.2. The van der Waals surface area contributed by atoms with E-state index in [0.29, 0.717) is 37.4 Å². The van der Waals surface area contributed by atoms with Gasteiger partial charge in [-0.15, -0.1) is 0 Å². The summed E-state index contributed by atoms with van der Waals surface area (Å²) >= 11 is 0. The Morgan fingerprint density at radius 2 is 1.76 bits per heavy atom. The van der Waals surface area contributed by atoms with Crippen LogP contribution in [0.3, 0.4) is 0 Å². The lowest BCUT2D eigenvalue weighted by Gasteiger charge is -2.52. The highest BCUT2D eigenvalue weighted by Crippen LogP contribution is 2.36. The Morgan fingerprint density at radius 1 is 1.07 bits per heavy atom. The second-order valence-electron chi connectivity index (χ2n) is 14.1. The Kier molecular flexibility index (Phi) is 11.2. The topological polar surface area (TPSA) is 103 Å². The second-order valence-corrected chi connectivity index (χ2v) is 14.1. The number of aryl methyl sites for hydroxylation is 1. The van der Waals surface area contributed by atoms with E-state index in [4.69, 9.17) is 5.10 Å². The van der Waals surface area contributed by atoms with Gasteiger partial charge in [-0.1, -0.05) is 45.4 Å². The standard InChI is InChI=1S/C36H55N7O3/c1-6-7-20-42-34(45)32(24-28-11-9-8-10-12-28)38-35(46)36(42)17-21-41(22-18-36)25-31-26(2)39-43(27(31)3)30-15-13-29(14-16-30)33(44)37-19-23-40(4)5/h13-16,28,32H,6-12,17-25H2,1-5H3,(H,37,44)(H,38,46). The van der Waals surface area contributed by atoms with Crippen molar-refractivity contribution < 1.29 is 14.4 Å². The summed E-state index contributed by atoms with van der Waals surface area (Å²) in [5, 5.41) is 11.0. The third kappa shape index (κ3) is 7.49. The molecule has 10 nitrogen and oxygen atoms in total. The number of benzene rings is 1. The maximum Gasteiger partial charge on any atom is 0.251 e. The number of likely N-dealkylation sites (N-methyl/N-ethyl adjacent to an activating group) is 1. The molecule has 1 spiro atoms. The van der Waals surface area contributed by atoms with E-state index in [0.717, 1.165) is 62.5 Å². The average Bonchev–Trinajstić information content (AvgIpc) is 3.33. The maximum atomic E-state index is 13.9. The van der Waals surface area contributed by atoms with Crippen LogP contribution in [0.5, 0.6) is 0 Å². The zero-order valence-electron chi connectivity index (χ0n) is 28.7. The number of rotatable bonds is 12. The molecule has 2 N–H and O–H groups in total. The minimum absolute atomic E-state index is 0.0543. The number of carbonyl (C=O) groups excluding carboxylic acids is 3. The molecule has 252 valence electrons. The third-order valence-electron chi connectivity index (χ3n) is 10.6. The molecular weight excluding hydrogens is 578 g/mol. The van der Waals surface area contributed by atoms with Crippen molar-refractivity contribution in [1.82, 2.24) is 35.1 Å². The molecule has 3 fully saturated rings. The summed E-state index contributed by atoms with van der Waals surface area (Å²) in [6, 6.07) is 7.21. The molecule has 3 heterocycles. The third-order valence-corrected chi connectivity index (χ3v) is 10.6. The van der Waals surface area contributed by atoms with Crippen LogP contribution >= 0.6 is 0 Å². The van der Waals surface area contributed by atoms with Gasteiger partial charge in [0.15, 0.2) is 0 Å². The van der Waals surface area contributed by atoms with E-state index >= 15 is 0 Å². The lowest BCUT2D eigenvalue weighted by Crippen LogP contribution is -2.73. The molecule has 1 unspecified atom stereocenters. The first-order chi connectivity index (χ1) is 22.1. The van der Waals surface area contributed by atoms with Crippen molar-refractivity contribution in [2.75, 3.05) is 46.8 Å². The first kappa shape index (κ1) is 34.1. The number of carbonyl (C=O) groups is 3. The van der Waals surface area contributed by atoms with Crippen molar-refractivity contribution in [1.29, 1.82) is 0 Å². The van der Waals surface area contributed by atoms with Gasteiger partial charge in [0.05, 0.1) is 11.4 Å². The van der Waals surface area contributed by atoms with Crippen molar-refractivity contribution >= 4 is 17.7 Å². The maximum absolute atomic E-state index is 13.9. The Bertz CT molecular complexity index is 1350. The van der Waals surface area contributed by atoms with Crippen molar-refractivity contribution in [3.8, 4) is 5.69 Å². The first-order valence-corrected chi connectivity index (χ1v) is 17.6. The van der Waals surface area contributed by atoms with Gasteiger partial charge in [0.1, 0.15) is 11.6 Å². The Morgan fingerprint density at radius 3 is 2.41 bits per heavy atom. The van der Waals surface area contributed by atoms with Crippen LogP contribution in [-0.4, -0.2) is 101 Å². The number of hydrogen-bond acceptors (Lipinski definition) is 6. The summed E-state index contributed by atoms with van der Waals surface area (Å²) in [6.45, 7) is 10.6. The summed E-state index contributed by atoms with van der Waals surface area (Å²) in [5.41, 5.74) is 4.03. The molecule has 1 atom stereocenters. The molecule has 2 saturated heterocycles. The number of aromatic nitrogens is 2. The van der Waals surface area contributed by atoms with E-state index in [9.17, 15) is 14.4 Å². The van der Waals surface area contributed by atoms with Crippen molar-refractivity contribution in [2.24, 2.45) is 5.92 Å². The van der Waals surface area contributed by atoms with Gasteiger partial charge in [0.2, 0.25) is 11.8 Å². The van der Waals surface area contributed by atoms with Gasteiger partial charge in [0.25, 0.3) is 5.91 Å². The Hall–Kier alpha value is -3.24. The molecular formula is C36H55N7O3. The van der Waals surface area contributed by atoms with Gasteiger partial charge in [-0.2, -0.15) is 5.10 Å². The summed E-state index contributed by atoms with van der Waals surface area (Å²) in [7, 11) is 3.97. The van der Waals surface area contributed by atoms with Crippen LogP contribution in [0, 0.1) is 19.8 Å². The van der Waals surface area contributed by atoms with E-state index < -0.39 is 5.54 Å². The van der Waals surface area contributed by atoms with E-state index in [1.165, 1.54) is 37.7 Å². The largest absolute Gasteiger partial charge is 0.351 e. The number of piperazine rings is 1. The zero-order chi connectivity index (χ0) is 32.8. The molecule has 2 aliphatic heterocycles. The lowest BCUT2D eigenvalue weighted by atomic mass is 9.79. The van der Waals surface area contributed by atoms with E-state index in [-0.39, 0.29) is 23.8 Å². The number of nitrogens with one attached hydrogen (secondary N) is 2. The fourth-order valence-corrected chi connectivity index (χ4v) is 7.64. The molecule has 3 amide bonds. The van der Waals surface area contributed by atoms with Gasteiger partial charge < -0.3 is 20.4 Å². The lowest BCUT2D eigenvalue weighted by molar-refractivity contribution is -0.162. The summed E-state index contributed by atoms with van der Waals surface area (Å²) in [4.78, 5) is 46.7. The van der Waals surface area contributed by atoms with Crippen molar-refractivity contribution in [3.63, 3.8) is 0 Å². The normalized spacial score (nSPS) is 20.8. The average molecular weight is 634 g/mol. The fraction of sp³-hybridized carbons (Fsp3) is 0.667. The van der Waals surface area contributed by atoms with Gasteiger partial charge in [0, 0.05) is 56.1 Å². The molecule has 1 aromatic heterocycles. The van der Waals surface area contributed by atoms with E-state index in [2.05, 4.69) is 29.4 Å².